The number of rotatable bonds is 0. The Bertz CT molecular complexity index is 126. The van der Waals surface area contributed by atoms with Crippen LogP contribution in [0.1, 0.15) is 13.3 Å². The van der Waals surface area contributed by atoms with Crippen molar-refractivity contribution in [3.8, 4) is 0 Å². The average molecular weight is 380 g/mol. The van der Waals surface area contributed by atoms with Crippen LogP contribution in [0, 0.1) is 0 Å². The van der Waals surface area contributed by atoms with Gasteiger partial charge in [0.25, 0.3) is 0 Å². The first-order valence-electron chi connectivity index (χ1n) is 3.60. The fourth-order valence-electron chi connectivity index (χ4n) is 1.11. The molecule has 1 heterocycles. The summed E-state index contributed by atoms with van der Waals surface area (Å²) in [6.45, 7) is 4.38. The number of hydrogen-bond acceptors (Lipinski definition) is 2. The predicted molar refractivity (Wildman–Crippen MR) is 67.0 cm³/mol. The second kappa shape index (κ2) is 7.45. The lowest BCUT2D eigenvalue weighted by Crippen LogP contribution is -2.36. The third kappa shape index (κ3) is 4.39. The second-order valence-corrected chi connectivity index (χ2v) is 2.38. The highest BCUT2D eigenvalue weighted by molar-refractivity contribution is 15.0. The molecule has 0 bridgehead atoms. The Kier molecular flexibility index (Phi) is 7.99. The Balaban J connectivity index is 0.000000461. The van der Waals surface area contributed by atoms with Gasteiger partial charge in [-0.25, -0.2) is 0 Å². The molecule has 66 valence electrons. The van der Waals surface area contributed by atoms with Crippen LogP contribution in [0.5, 0.6) is 0 Å². The first kappa shape index (κ1) is 11.8. The first-order valence-corrected chi connectivity index (χ1v) is 9.89. The fourth-order valence-corrected chi connectivity index (χ4v) is 1.11. The molecule has 0 atom stereocenters. The topological polar surface area (TPSA) is 15.3 Å². The molecule has 2 nitrogen and oxygen atoms in total. The molecule has 0 saturated carbocycles. The number of nitrogens with zero attached hydrogens (tertiary/aromatic N) is 1. The summed E-state index contributed by atoms with van der Waals surface area (Å²) in [7, 11) is 2.11. The van der Waals surface area contributed by atoms with Crippen molar-refractivity contribution in [3.05, 3.63) is 11.9 Å². The van der Waals surface area contributed by atoms with E-state index in [1.165, 1.54) is 18.8 Å². The molecule has 0 aromatic rings. The van der Waals surface area contributed by atoms with Crippen molar-refractivity contribution >= 4 is 37.2 Å². The van der Waals surface area contributed by atoms with E-state index in [1.807, 2.05) is 0 Å². The summed E-state index contributed by atoms with van der Waals surface area (Å²) in [5.74, 6) is 1.27. The van der Waals surface area contributed by atoms with Gasteiger partial charge in [-0.3, -0.25) is 0 Å². The van der Waals surface area contributed by atoms with E-state index in [2.05, 4.69) is 67.5 Å². The van der Waals surface area contributed by atoms with Crippen molar-refractivity contribution in [3.63, 3.8) is 0 Å². The average Bonchev–Trinajstić information content (AvgIpc) is 2.09. The first-order chi connectivity index (χ1) is 5.34. The minimum absolute atomic E-state index is 1.13. The summed E-state index contributed by atoms with van der Waals surface area (Å²) in [6.07, 6.45) is 3.37. The molecule has 1 saturated heterocycles. The van der Waals surface area contributed by atoms with Crippen LogP contribution >= 0.6 is 37.2 Å². The van der Waals surface area contributed by atoms with E-state index < -0.39 is 0 Å². The molecule has 0 amide bonds. The highest BCUT2D eigenvalue weighted by atomic mass is 128. The van der Waals surface area contributed by atoms with Crippen LogP contribution in [0.2, 0.25) is 0 Å². The van der Waals surface area contributed by atoms with Gasteiger partial charge in [0.1, 0.15) is 0 Å². The van der Waals surface area contributed by atoms with Crippen molar-refractivity contribution in [1.82, 2.24) is 10.2 Å². The minimum atomic E-state index is 1.13. The van der Waals surface area contributed by atoms with Gasteiger partial charge < -0.3 is 10.2 Å². The molecular formula is C7H14I2N2. The smallest absolute Gasteiger partial charge is 0.0966 e. The van der Waals surface area contributed by atoms with E-state index in [1.54, 1.807) is 0 Å². The van der Waals surface area contributed by atoms with E-state index in [0.717, 1.165) is 6.54 Å². The number of allylic oxidation sites excluding steroid dienone is 1. The Morgan fingerprint density at radius 3 is 2.55 bits per heavy atom. The highest BCUT2D eigenvalue weighted by Gasteiger charge is 2.06. The van der Waals surface area contributed by atoms with E-state index in [4.69, 9.17) is 0 Å². The Hall–Kier alpha value is 0.800. The van der Waals surface area contributed by atoms with Crippen LogP contribution in [0.4, 0.5) is 0 Å². The zero-order chi connectivity index (χ0) is 8.69. The van der Waals surface area contributed by atoms with Gasteiger partial charge in [0.2, 0.25) is 0 Å². The molecule has 1 N–H and O–H groups in total. The summed E-state index contributed by atoms with van der Waals surface area (Å²) in [5.41, 5.74) is 0. The van der Waals surface area contributed by atoms with Crippen LogP contribution < -0.4 is 5.32 Å². The van der Waals surface area contributed by atoms with Gasteiger partial charge in [-0.1, -0.05) is 0 Å². The molecule has 0 aromatic carbocycles. The second-order valence-electron chi connectivity index (χ2n) is 2.38. The quantitative estimate of drug-likeness (QED) is 0.651. The Morgan fingerprint density at radius 1 is 1.55 bits per heavy atom. The third-order valence-electron chi connectivity index (χ3n) is 1.66. The van der Waals surface area contributed by atoms with E-state index >= 15 is 0 Å². The molecule has 1 aliphatic heterocycles. The van der Waals surface area contributed by atoms with E-state index in [-0.39, 0.29) is 0 Å². The molecule has 11 heavy (non-hydrogen) atoms. The molecule has 4 heteroatoms. The van der Waals surface area contributed by atoms with Crippen molar-refractivity contribution in [2.75, 3.05) is 20.1 Å². The Labute approximate surface area is 92.1 Å². The SMILES string of the molecule is C/C=C1/NCCCN1C.II. The molecule has 1 fully saturated rings. The molecule has 0 aliphatic carbocycles. The zero-order valence-electron chi connectivity index (χ0n) is 6.90. The lowest BCUT2D eigenvalue weighted by atomic mass is 10.3. The minimum Gasteiger partial charge on any atom is -0.372 e. The van der Waals surface area contributed by atoms with Gasteiger partial charge in [0.15, 0.2) is 0 Å². The molecule has 1 rings (SSSR count). The zero-order valence-corrected chi connectivity index (χ0v) is 11.2. The molecule has 0 radical (unpaired) electrons. The van der Waals surface area contributed by atoms with E-state index in [0.29, 0.717) is 0 Å². The normalized spacial score (nSPS) is 20.4. The van der Waals surface area contributed by atoms with Crippen LogP contribution in [-0.2, 0) is 0 Å². The molecule has 0 unspecified atom stereocenters. The monoisotopic (exact) mass is 380 g/mol. The third-order valence-corrected chi connectivity index (χ3v) is 1.66. The van der Waals surface area contributed by atoms with Crippen LogP contribution in [0.15, 0.2) is 11.9 Å². The molecule has 0 spiro atoms. The molecule has 1 aliphatic rings. The van der Waals surface area contributed by atoms with Crippen LogP contribution in [0.3, 0.4) is 0 Å². The van der Waals surface area contributed by atoms with Gasteiger partial charge in [0, 0.05) is 57.4 Å². The Morgan fingerprint density at radius 2 is 2.18 bits per heavy atom. The largest absolute Gasteiger partial charge is 0.372 e. The summed E-state index contributed by atoms with van der Waals surface area (Å²) >= 11 is 4.24. The highest BCUT2D eigenvalue weighted by Crippen LogP contribution is 2.02. The lowest BCUT2D eigenvalue weighted by Gasteiger charge is -2.28. The summed E-state index contributed by atoms with van der Waals surface area (Å²) < 4.78 is 0. The van der Waals surface area contributed by atoms with Crippen LogP contribution in [-0.4, -0.2) is 25.0 Å². The van der Waals surface area contributed by atoms with Crippen molar-refractivity contribution in [1.29, 1.82) is 0 Å². The number of hydrogen-bond donors (Lipinski definition) is 1. The molecular weight excluding hydrogens is 366 g/mol. The maximum atomic E-state index is 3.31. The van der Waals surface area contributed by atoms with Gasteiger partial charge in [-0.15, -0.1) is 0 Å². The van der Waals surface area contributed by atoms with Gasteiger partial charge in [0.05, 0.1) is 5.82 Å². The van der Waals surface area contributed by atoms with Gasteiger partial charge in [-0.2, -0.15) is 0 Å². The van der Waals surface area contributed by atoms with Gasteiger partial charge >= 0.3 is 0 Å². The standard InChI is InChI=1S/C7H14N2.I2/c1-3-7-8-5-4-6-9(7)2;1-2/h3,8H,4-6H2,1-2H3;/b7-3-;. The maximum absolute atomic E-state index is 3.31. The summed E-state index contributed by atoms with van der Waals surface area (Å²) in [4.78, 5) is 2.24. The van der Waals surface area contributed by atoms with Crippen molar-refractivity contribution in [2.24, 2.45) is 0 Å². The van der Waals surface area contributed by atoms with E-state index in [9.17, 15) is 0 Å². The maximum Gasteiger partial charge on any atom is 0.0966 e. The molecule has 0 aromatic heterocycles. The predicted octanol–water partition coefficient (Wildman–Crippen LogP) is 2.54. The van der Waals surface area contributed by atoms with Crippen molar-refractivity contribution < 1.29 is 0 Å². The van der Waals surface area contributed by atoms with Gasteiger partial charge in [-0.05, 0) is 19.4 Å². The lowest BCUT2D eigenvalue weighted by molar-refractivity contribution is 0.334. The summed E-state index contributed by atoms with van der Waals surface area (Å²) in [5, 5.41) is 3.31. The van der Waals surface area contributed by atoms with Crippen LogP contribution in [0.25, 0.3) is 0 Å². The van der Waals surface area contributed by atoms with Crippen molar-refractivity contribution in [2.45, 2.75) is 13.3 Å². The fraction of sp³-hybridized carbons (Fsp3) is 0.714. The number of halogens is 2. The number of nitrogens with one attached hydrogen (secondary N) is 1. The summed E-state index contributed by atoms with van der Waals surface area (Å²) in [6, 6.07) is 0.